The van der Waals surface area contributed by atoms with E-state index in [4.69, 9.17) is 0 Å². The van der Waals surface area contributed by atoms with Crippen molar-refractivity contribution in [3.05, 3.63) is 0 Å². The van der Waals surface area contributed by atoms with Crippen molar-refractivity contribution in [3.63, 3.8) is 0 Å². The number of alkyl halides is 1. The molecule has 0 saturated carbocycles. The van der Waals surface area contributed by atoms with Crippen molar-refractivity contribution in [2.45, 2.75) is 53.5 Å². The molecule has 0 spiro atoms. The van der Waals surface area contributed by atoms with E-state index in [-0.39, 0.29) is 11.3 Å². The second-order valence-corrected chi connectivity index (χ2v) is 6.43. The molecular weight excluding hydrogens is 254 g/mol. The molecule has 0 bridgehead atoms. The summed E-state index contributed by atoms with van der Waals surface area (Å²) in [5, 5.41) is 4.04. The van der Waals surface area contributed by atoms with E-state index in [1.807, 2.05) is 0 Å². The van der Waals surface area contributed by atoms with E-state index in [9.17, 15) is 4.79 Å². The lowest BCUT2D eigenvalue weighted by molar-refractivity contribution is -0.123. The third-order valence-corrected chi connectivity index (χ3v) is 2.72. The van der Waals surface area contributed by atoms with Gasteiger partial charge >= 0.3 is 0 Å². The Labute approximate surface area is 102 Å². The van der Waals surface area contributed by atoms with E-state index in [1.165, 1.54) is 0 Å². The SMILES string of the molecule is CC(C)C(CCBr)NC(=O)CC(C)(C)C. The van der Waals surface area contributed by atoms with Gasteiger partial charge in [-0.25, -0.2) is 0 Å². The maximum Gasteiger partial charge on any atom is 0.220 e. The maximum atomic E-state index is 11.7. The standard InChI is InChI=1S/C12H24BrNO/c1-9(2)10(6-7-13)14-11(15)8-12(3,4)5/h9-10H,6-8H2,1-5H3,(H,14,15). The van der Waals surface area contributed by atoms with Gasteiger partial charge in [0.2, 0.25) is 5.91 Å². The van der Waals surface area contributed by atoms with Gasteiger partial charge in [-0.05, 0) is 17.8 Å². The highest BCUT2D eigenvalue weighted by atomic mass is 79.9. The molecule has 0 heterocycles. The Kier molecular flexibility index (Phi) is 6.49. The molecular formula is C12H24BrNO. The van der Waals surface area contributed by atoms with Crippen LogP contribution in [-0.2, 0) is 4.79 Å². The molecule has 1 atom stereocenters. The maximum absolute atomic E-state index is 11.7. The molecule has 0 aromatic carbocycles. The van der Waals surface area contributed by atoms with E-state index in [2.05, 4.69) is 55.9 Å². The van der Waals surface area contributed by atoms with Gasteiger partial charge in [0.1, 0.15) is 0 Å². The Hall–Kier alpha value is -0.0500. The topological polar surface area (TPSA) is 29.1 Å². The highest BCUT2D eigenvalue weighted by Crippen LogP contribution is 2.18. The summed E-state index contributed by atoms with van der Waals surface area (Å²) in [5.41, 5.74) is 0.0695. The average Bonchev–Trinajstić information content (AvgIpc) is 1.99. The fourth-order valence-corrected chi connectivity index (χ4v) is 1.92. The van der Waals surface area contributed by atoms with E-state index in [0.29, 0.717) is 18.4 Å². The Morgan fingerprint density at radius 2 is 1.87 bits per heavy atom. The van der Waals surface area contributed by atoms with E-state index < -0.39 is 0 Å². The van der Waals surface area contributed by atoms with Gasteiger partial charge in [0.05, 0.1) is 0 Å². The molecule has 0 radical (unpaired) electrons. The summed E-state index contributed by atoms with van der Waals surface area (Å²) in [7, 11) is 0. The van der Waals surface area contributed by atoms with Gasteiger partial charge in [-0.15, -0.1) is 0 Å². The number of hydrogen-bond donors (Lipinski definition) is 1. The van der Waals surface area contributed by atoms with Gasteiger partial charge in [0.15, 0.2) is 0 Å². The monoisotopic (exact) mass is 277 g/mol. The Morgan fingerprint density at radius 1 is 1.33 bits per heavy atom. The molecule has 0 fully saturated rings. The average molecular weight is 278 g/mol. The summed E-state index contributed by atoms with van der Waals surface area (Å²) >= 11 is 3.42. The number of amides is 1. The van der Waals surface area contributed by atoms with E-state index in [1.54, 1.807) is 0 Å². The number of nitrogens with one attached hydrogen (secondary N) is 1. The molecule has 0 aromatic rings. The third-order valence-electron chi connectivity index (χ3n) is 2.26. The van der Waals surface area contributed by atoms with Crippen LogP contribution >= 0.6 is 15.9 Å². The van der Waals surface area contributed by atoms with Crippen LogP contribution in [0.3, 0.4) is 0 Å². The zero-order chi connectivity index (χ0) is 12.1. The van der Waals surface area contributed by atoms with Crippen LogP contribution in [-0.4, -0.2) is 17.3 Å². The molecule has 0 aliphatic rings. The van der Waals surface area contributed by atoms with Crippen molar-refractivity contribution in [1.29, 1.82) is 0 Å². The summed E-state index contributed by atoms with van der Waals surface area (Å²) in [4.78, 5) is 11.7. The van der Waals surface area contributed by atoms with Crippen molar-refractivity contribution >= 4 is 21.8 Å². The summed E-state index contributed by atoms with van der Waals surface area (Å²) in [6, 6.07) is 0.291. The van der Waals surface area contributed by atoms with Gasteiger partial charge in [-0.3, -0.25) is 4.79 Å². The molecule has 90 valence electrons. The van der Waals surface area contributed by atoms with E-state index in [0.717, 1.165) is 11.8 Å². The van der Waals surface area contributed by atoms with Gasteiger partial charge in [-0.2, -0.15) is 0 Å². The van der Waals surface area contributed by atoms with Crippen LogP contribution in [0.2, 0.25) is 0 Å². The molecule has 0 aromatic heterocycles. The number of carbonyl (C=O) groups excluding carboxylic acids is 1. The highest BCUT2D eigenvalue weighted by molar-refractivity contribution is 9.09. The molecule has 0 rings (SSSR count). The molecule has 1 amide bonds. The second kappa shape index (κ2) is 6.51. The fraction of sp³-hybridized carbons (Fsp3) is 0.917. The van der Waals surface area contributed by atoms with Gasteiger partial charge in [0, 0.05) is 17.8 Å². The van der Waals surface area contributed by atoms with Crippen LogP contribution in [0.1, 0.15) is 47.5 Å². The molecule has 3 heteroatoms. The Balaban J connectivity index is 4.11. The van der Waals surface area contributed by atoms with Gasteiger partial charge in [0.25, 0.3) is 0 Å². The number of halogens is 1. The molecule has 1 unspecified atom stereocenters. The lowest BCUT2D eigenvalue weighted by atomic mass is 9.91. The minimum absolute atomic E-state index is 0.0695. The minimum Gasteiger partial charge on any atom is -0.353 e. The van der Waals surface area contributed by atoms with Crippen LogP contribution in [0, 0.1) is 11.3 Å². The van der Waals surface area contributed by atoms with Crippen molar-refractivity contribution in [2.24, 2.45) is 11.3 Å². The van der Waals surface area contributed by atoms with Crippen LogP contribution in [0.4, 0.5) is 0 Å². The van der Waals surface area contributed by atoms with Crippen LogP contribution < -0.4 is 5.32 Å². The first-order chi connectivity index (χ1) is 6.76. The number of carbonyl (C=O) groups is 1. The lowest BCUT2D eigenvalue weighted by Crippen LogP contribution is -2.40. The minimum atomic E-state index is 0.0695. The van der Waals surface area contributed by atoms with Crippen LogP contribution in [0.25, 0.3) is 0 Å². The lowest BCUT2D eigenvalue weighted by Gasteiger charge is -2.24. The van der Waals surface area contributed by atoms with Gasteiger partial charge < -0.3 is 5.32 Å². The first-order valence-corrected chi connectivity index (χ1v) is 6.73. The quantitative estimate of drug-likeness (QED) is 0.768. The van der Waals surface area contributed by atoms with E-state index >= 15 is 0 Å². The Morgan fingerprint density at radius 3 is 2.20 bits per heavy atom. The number of hydrogen-bond acceptors (Lipinski definition) is 1. The molecule has 1 N–H and O–H groups in total. The predicted octanol–water partition coefficient (Wildman–Crippen LogP) is 3.35. The first kappa shape index (κ1) is 14.9. The van der Waals surface area contributed by atoms with Crippen molar-refractivity contribution < 1.29 is 4.79 Å². The molecule has 0 saturated heterocycles. The smallest absolute Gasteiger partial charge is 0.220 e. The third kappa shape index (κ3) is 7.83. The van der Waals surface area contributed by atoms with Crippen molar-refractivity contribution in [3.8, 4) is 0 Å². The predicted molar refractivity (Wildman–Crippen MR) is 69.3 cm³/mol. The van der Waals surface area contributed by atoms with Crippen molar-refractivity contribution in [1.82, 2.24) is 5.32 Å². The van der Waals surface area contributed by atoms with Gasteiger partial charge in [-0.1, -0.05) is 50.5 Å². The van der Waals surface area contributed by atoms with Crippen LogP contribution in [0.15, 0.2) is 0 Å². The Bertz CT molecular complexity index is 196. The largest absolute Gasteiger partial charge is 0.353 e. The molecule has 0 aliphatic carbocycles. The summed E-state index contributed by atoms with van der Waals surface area (Å²) < 4.78 is 0. The highest BCUT2D eigenvalue weighted by Gasteiger charge is 2.20. The molecule has 0 aliphatic heterocycles. The van der Waals surface area contributed by atoms with Crippen LogP contribution in [0.5, 0.6) is 0 Å². The second-order valence-electron chi connectivity index (χ2n) is 5.63. The molecule has 2 nitrogen and oxygen atoms in total. The fourth-order valence-electron chi connectivity index (χ4n) is 1.43. The zero-order valence-corrected chi connectivity index (χ0v) is 12.1. The summed E-state index contributed by atoms with van der Waals surface area (Å²) in [6.45, 7) is 10.5. The molecule has 15 heavy (non-hydrogen) atoms. The zero-order valence-electron chi connectivity index (χ0n) is 10.6. The first-order valence-electron chi connectivity index (χ1n) is 5.61. The normalized spacial score (nSPS) is 14.1. The summed E-state index contributed by atoms with van der Waals surface area (Å²) in [5.74, 6) is 0.661. The summed E-state index contributed by atoms with van der Waals surface area (Å²) in [6.07, 6.45) is 1.59. The number of rotatable bonds is 5. The van der Waals surface area contributed by atoms with Crippen molar-refractivity contribution in [2.75, 3.05) is 5.33 Å².